The number of rotatable bonds is 3. The maximum Gasteiger partial charge on any atom is 0.275 e. The fourth-order valence-corrected chi connectivity index (χ4v) is 1.40. The summed E-state index contributed by atoms with van der Waals surface area (Å²) in [6, 6.07) is 8.54. The van der Waals surface area contributed by atoms with Crippen LogP contribution in [0.1, 0.15) is 0 Å². The van der Waals surface area contributed by atoms with Gasteiger partial charge in [0.2, 0.25) is 5.88 Å². The van der Waals surface area contributed by atoms with Crippen LogP contribution in [0.15, 0.2) is 35.1 Å². The van der Waals surface area contributed by atoms with E-state index in [0.29, 0.717) is 5.88 Å². The van der Waals surface area contributed by atoms with Gasteiger partial charge in [-0.15, -0.1) is 0 Å². The summed E-state index contributed by atoms with van der Waals surface area (Å²) in [4.78, 5) is 11.6. The maximum atomic E-state index is 11.6. The molecule has 2 rings (SSSR count). The lowest BCUT2D eigenvalue weighted by Gasteiger charge is -2.03. The van der Waals surface area contributed by atoms with E-state index in [2.05, 4.69) is 5.10 Å². The molecule has 5 heteroatoms. The highest BCUT2D eigenvalue weighted by molar-refractivity contribution is 5.37. The van der Waals surface area contributed by atoms with Crippen molar-refractivity contribution >= 4 is 0 Å². The minimum Gasteiger partial charge on any atom is -0.497 e. The molecule has 2 aromatic rings. The van der Waals surface area contributed by atoms with Gasteiger partial charge < -0.3 is 9.47 Å². The van der Waals surface area contributed by atoms with Crippen molar-refractivity contribution < 1.29 is 9.47 Å². The largest absolute Gasteiger partial charge is 0.497 e. The van der Waals surface area contributed by atoms with E-state index in [9.17, 15) is 4.79 Å². The molecule has 16 heavy (non-hydrogen) atoms. The number of aromatic amines is 1. The number of ether oxygens (including phenoxy) is 2. The van der Waals surface area contributed by atoms with Crippen molar-refractivity contribution in [3.8, 4) is 17.3 Å². The molecule has 0 unspecified atom stereocenters. The second-order valence-corrected chi connectivity index (χ2v) is 3.20. The lowest BCUT2D eigenvalue weighted by Crippen LogP contribution is -2.13. The number of benzene rings is 1. The fraction of sp³-hybridized carbons (Fsp3) is 0.182. The Morgan fingerprint density at radius 1 is 1.12 bits per heavy atom. The molecule has 84 valence electrons. The highest BCUT2D eigenvalue weighted by atomic mass is 16.5. The SMILES string of the molecule is COc1ccc(-n2[nH]c(OC)cc2=O)cc1. The summed E-state index contributed by atoms with van der Waals surface area (Å²) in [5, 5.41) is 2.83. The van der Waals surface area contributed by atoms with Gasteiger partial charge in [-0.3, -0.25) is 9.89 Å². The zero-order chi connectivity index (χ0) is 11.5. The molecule has 0 radical (unpaired) electrons. The molecule has 0 aliphatic rings. The van der Waals surface area contributed by atoms with Gasteiger partial charge in [0.1, 0.15) is 5.75 Å². The van der Waals surface area contributed by atoms with Crippen LogP contribution in [-0.4, -0.2) is 24.0 Å². The second kappa shape index (κ2) is 4.14. The molecule has 5 nitrogen and oxygen atoms in total. The quantitative estimate of drug-likeness (QED) is 0.845. The van der Waals surface area contributed by atoms with E-state index in [4.69, 9.17) is 9.47 Å². The number of nitrogens with zero attached hydrogens (tertiary/aromatic N) is 1. The van der Waals surface area contributed by atoms with Crippen molar-refractivity contribution in [1.29, 1.82) is 0 Å². The van der Waals surface area contributed by atoms with Crippen LogP contribution < -0.4 is 15.0 Å². The molecule has 0 aliphatic carbocycles. The Labute approximate surface area is 92.2 Å². The Balaban J connectivity index is 2.42. The minimum atomic E-state index is -0.165. The van der Waals surface area contributed by atoms with E-state index < -0.39 is 0 Å². The van der Waals surface area contributed by atoms with Crippen molar-refractivity contribution in [3.63, 3.8) is 0 Å². The number of hydrogen-bond acceptors (Lipinski definition) is 3. The van der Waals surface area contributed by atoms with Gasteiger partial charge in [-0.05, 0) is 24.3 Å². The van der Waals surface area contributed by atoms with Crippen LogP contribution in [0.5, 0.6) is 11.6 Å². The molecule has 1 aromatic heterocycles. The summed E-state index contributed by atoms with van der Waals surface area (Å²) < 4.78 is 11.4. The number of hydrogen-bond donors (Lipinski definition) is 1. The molecule has 0 amide bonds. The molecule has 0 aliphatic heterocycles. The van der Waals surface area contributed by atoms with Gasteiger partial charge in [-0.2, -0.15) is 0 Å². The van der Waals surface area contributed by atoms with Crippen LogP contribution in [-0.2, 0) is 0 Å². The zero-order valence-corrected chi connectivity index (χ0v) is 9.06. The predicted octanol–water partition coefficient (Wildman–Crippen LogP) is 1.18. The van der Waals surface area contributed by atoms with Crippen LogP contribution in [0.2, 0.25) is 0 Å². The van der Waals surface area contributed by atoms with E-state index >= 15 is 0 Å². The molecule has 0 atom stereocenters. The summed E-state index contributed by atoms with van der Waals surface area (Å²) in [7, 11) is 3.10. The van der Waals surface area contributed by atoms with Crippen molar-refractivity contribution in [2.24, 2.45) is 0 Å². The smallest absolute Gasteiger partial charge is 0.275 e. The molecule has 0 saturated heterocycles. The van der Waals surface area contributed by atoms with Gasteiger partial charge in [-0.25, -0.2) is 4.68 Å². The first-order valence-electron chi connectivity index (χ1n) is 4.75. The summed E-state index contributed by atoms with van der Waals surface area (Å²) in [5.41, 5.74) is 0.566. The Bertz CT molecular complexity index is 525. The monoisotopic (exact) mass is 220 g/mol. The second-order valence-electron chi connectivity index (χ2n) is 3.20. The Kier molecular flexibility index (Phi) is 2.68. The van der Waals surface area contributed by atoms with Crippen molar-refractivity contribution in [2.45, 2.75) is 0 Å². The molecule has 1 heterocycles. The van der Waals surface area contributed by atoms with E-state index in [0.717, 1.165) is 11.4 Å². The molecular weight excluding hydrogens is 208 g/mol. The number of methoxy groups -OCH3 is 2. The third-order valence-corrected chi connectivity index (χ3v) is 2.25. The molecule has 0 saturated carbocycles. The fourth-order valence-electron chi connectivity index (χ4n) is 1.40. The zero-order valence-electron chi connectivity index (χ0n) is 9.06. The molecule has 0 fully saturated rings. The van der Waals surface area contributed by atoms with E-state index in [1.54, 1.807) is 31.4 Å². The van der Waals surface area contributed by atoms with Gasteiger partial charge in [0.25, 0.3) is 5.56 Å². The first-order chi connectivity index (χ1) is 7.74. The summed E-state index contributed by atoms with van der Waals surface area (Å²) >= 11 is 0. The lowest BCUT2D eigenvalue weighted by molar-refractivity contribution is 0.394. The van der Waals surface area contributed by atoms with Crippen LogP contribution >= 0.6 is 0 Å². The average Bonchev–Trinajstić information content (AvgIpc) is 2.71. The van der Waals surface area contributed by atoms with Crippen molar-refractivity contribution in [3.05, 3.63) is 40.7 Å². The number of H-pyrrole nitrogens is 1. The highest BCUT2D eigenvalue weighted by Crippen LogP contribution is 2.14. The Morgan fingerprint density at radius 3 is 2.31 bits per heavy atom. The van der Waals surface area contributed by atoms with E-state index in [-0.39, 0.29) is 5.56 Å². The first kappa shape index (κ1) is 10.4. The summed E-state index contributed by atoms with van der Waals surface area (Å²) in [6.07, 6.45) is 0. The molecule has 1 aromatic carbocycles. The minimum absolute atomic E-state index is 0.165. The average molecular weight is 220 g/mol. The first-order valence-corrected chi connectivity index (χ1v) is 4.75. The molecule has 0 bridgehead atoms. The standard InChI is InChI=1S/C11H12N2O3/c1-15-9-5-3-8(4-6-9)13-11(14)7-10(12-13)16-2/h3-7,12H,1-2H3. The molecule has 1 N–H and O–H groups in total. The third kappa shape index (κ3) is 1.79. The Hall–Kier alpha value is -2.17. The van der Waals surface area contributed by atoms with Crippen LogP contribution in [0.25, 0.3) is 5.69 Å². The summed E-state index contributed by atoms with van der Waals surface area (Å²) in [5.74, 6) is 1.18. The topological polar surface area (TPSA) is 56.2 Å². The normalized spacial score (nSPS) is 10.1. The Morgan fingerprint density at radius 2 is 1.81 bits per heavy atom. The summed E-state index contributed by atoms with van der Waals surface area (Å²) in [6.45, 7) is 0. The number of nitrogens with one attached hydrogen (secondary N) is 1. The highest BCUT2D eigenvalue weighted by Gasteiger charge is 2.04. The van der Waals surface area contributed by atoms with Crippen LogP contribution in [0, 0.1) is 0 Å². The van der Waals surface area contributed by atoms with Crippen LogP contribution in [0.4, 0.5) is 0 Å². The lowest BCUT2D eigenvalue weighted by atomic mass is 10.3. The van der Waals surface area contributed by atoms with Gasteiger partial charge in [0.15, 0.2) is 0 Å². The van der Waals surface area contributed by atoms with Crippen molar-refractivity contribution in [1.82, 2.24) is 9.78 Å². The van der Waals surface area contributed by atoms with Gasteiger partial charge in [0.05, 0.1) is 26.0 Å². The maximum absolute atomic E-state index is 11.6. The third-order valence-electron chi connectivity index (χ3n) is 2.25. The van der Waals surface area contributed by atoms with Gasteiger partial charge >= 0.3 is 0 Å². The molecule has 0 spiro atoms. The predicted molar refractivity (Wildman–Crippen MR) is 59.5 cm³/mol. The number of aromatic nitrogens is 2. The van der Waals surface area contributed by atoms with Crippen LogP contribution in [0.3, 0.4) is 0 Å². The van der Waals surface area contributed by atoms with Gasteiger partial charge in [0, 0.05) is 0 Å². The van der Waals surface area contributed by atoms with E-state index in [1.165, 1.54) is 17.9 Å². The van der Waals surface area contributed by atoms with E-state index in [1.807, 2.05) is 0 Å². The van der Waals surface area contributed by atoms with Gasteiger partial charge in [-0.1, -0.05) is 0 Å². The molecular formula is C11H12N2O3. The van der Waals surface area contributed by atoms with Crippen molar-refractivity contribution in [2.75, 3.05) is 14.2 Å².